The Morgan fingerprint density at radius 1 is 1.32 bits per heavy atom. The van der Waals surface area contributed by atoms with Gasteiger partial charge in [-0.1, -0.05) is 6.07 Å². The molecule has 2 heterocycles. The van der Waals surface area contributed by atoms with Gasteiger partial charge in [0.1, 0.15) is 17.3 Å². The molecule has 1 aromatic carbocycles. The smallest absolute Gasteiger partial charge is 0.328 e. The summed E-state index contributed by atoms with van der Waals surface area (Å²) in [6, 6.07) is 2.79. The molecule has 0 unspecified atom stereocenters. The predicted molar refractivity (Wildman–Crippen MR) is 89.8 cm³/mol. The summed E-state index contributed by atoms with van der Waals surface area (Å²) in [7, 11) is 3.87. The molecule has 0 bridgehead atoms. The Kier molecular flexibility index (Phi) is 4.75. The van der Waals surface area contributed by atoms with Gasteiger partial charge >= 0.3 is 6.03 Å². The third-order valence-electron chi connectivity index (χ3n) is 3.69. The van der Waals surface area contributed by atoms with Gasteiger partial charge in [0.25, 0.3) is 0 Å². The van der Waals surface area contributed by atoms with Crippen LogP contribution in [0.15, 0.2) is 24.4 Å². The average Bonchev–Trinajstić information content (AvgIpc) is 2.56. The second-order valence-electron chi connectivity index (χ2n) is 5.84. The predicted octanol–water partition coefficient (Wildman–Crippen LogP) is 2.09. The van der Waals surface area contributed by atoms with Crippen molar-refractivity contribution in [2.24, 2.45) is 0 Å². The van der Waals surface area contributed by atoms with Gasteiger partial charge < -0.3 is 15.5 Å². The molecule has 0 aliphatic carbocycles. The zero-order valence-electron chi connectivity index (χ0n) is 13.9. The van der Waals surface area contributed by atoms with Gasteiger partial charge in [-0.05, 0) is 26.2 Å². The fraction of sp³-hybridized carbons (Fsp3) is 0.312. The van der Waals surface area contributed by atoms with Gasteiger partial charge in [-0.2, -0.15) is 4.98 Å². The monoisotopic (exact) mass is 348 g/mol. The summed E-state index contributed by atoms with van der Waals surface area (Å²) in [6.45, 7) is 1.54. The number of aromatic nitrogens is 2. The lowest BCUT2D eigenvalue weighted by molar-refractivity contribution is 0.246. The van der Waals surface area contributed by atoms with Crippen molar-refractivity contribution in [3.63, 3.8) is 0 Å². The lowest BCUT2D eigenvalue weighted by Gasteiger charge is -2.29. The highest BCUT2D eigenvalue weighted by atomic mass is 19.1. The van der Waals surface area contributed by atoms with Crippen LogP contribution in [0, 0.1) is 11.6 Å². The third kappa shape index (κ3) is 3.50. The van der Waals surface area contributed by atoms with E-state index in [-0.39, 0.29) is 18.3 Å². The van der Waals surface area contributed by atoms with Crippen molar-refractivity contribution in [2.45, 2.75) is 6.54 Å². The largest absolute Gasteiger partial charge is 0.353 e. The second-order valence-corrected chi connectivity index (χ2v) is 5.84. The molecule has 0 spiro atoms. The number of anilines is 3. The number of carbonyl (C=O) groups excluding carboxylic acids is 1. The molecular formula is C16H18F2N6O. The number of amides is 2. The van der Waals surface area contributed by atoms with E-state index in [0.717, 1.165) is 23.6 Å². The van der Waals surface area contributed by atoms with Crippen LogP contribution in [0.4, 0.5) is 31.0 Å². The van der Waals surface area contributed by atoms with E-state index in [2.05, 4.69) is 20.6 Å². The number of benzene rings is 1. The Balaban J connectivity index is 1.98. The number of rotatable bonds is 5. The molecule has 1 aromatic heterocycles. The normalized spacial score (nSPS) is 13.6. The first-order valence-electron chi connectivity index (χ1n) is 7.74. The van der Waals surface area contributed by atoms with Crippen molar-refractivity contribution in [1.29, 1.82) is 0 Å². The molecular weight excluding hydrogens is 330 g/mol. The summed E-state index contributed by atoms with van der Waals surface area (Å²) < 4.78 is 28.3. The Morgan fingerprint density at radius 2 is 2.04 bits per heavy atom. The number of hydrogen-bond donors (Lipinski definition) is 2. The number of nitrogens with zero attached hydrogens (tertiary/aromatic N) is 4. The molecule has 2 aromatic rings. The molecule has 7 nitrogen and oxygen atoms in total. The Hall–Kier alpha value is -2.81. The van der Waals surface area contributed by atoms with Crippen molar-refractivity contribution < 1.29 is 13.6 Å². The molecule has 9 heteroatoms. The van der Waals surface area contributed by atoms with Crippen LogP contribution in [-0.2, 0) is 6.54 Å². The van der Waals surface area contributed by atoms with Gasteiger partial charge in [0, 0.05) is 31.4 Å². The minimum absolute atomic E-state index is 0.162. The van der Waals surface area contributed by atoms with Crippen LogP contribution in [0.1, 0.15) is 5.56 Å². The number of hydrogen-bond acceptors (Lipinski definition) is 5. The van der Waals surface area contributed by atoms with E-state index in [1.807, 2.05) is 19.0 Å². The van der Waals surface area contributed by atoms with Gasteiger partial charge in [-0.25, -0.2) is 23.5 Å². The minimum atomic E-state index is -0.844. The number of halogens is 2. The molecule has 2 amide bonds. The molecule has 132 valence electrons. The van der Waals surface area contributed by atoms with E-state index >= 15 is 0 Å². The Labute approximate surface area is 143 Å². The Bertz CT molecular complexity index is 778. The maximum atomic E-state index is 14.2. The van der Waals surface area contributed by atoms with Crippen LogP contribution >= 0.6 is 0 Å². The first kappa shape index (κ1) is 17.0. The highest BCUT2D eigenvalue weighted by Crippen LogP contribution is 2.33. The van der Waals surface area contributed by atoms with Crippen LogP contribution < -0.4 is 15.5 Å². The summed E-state index contributed by atoms with van der Waals surface area (Å²) in [5, 5.41) is 5.60. The van der Waals surface area contributed by atoms with Crippen LogP contribution in [0.5, 0.6) is 0 Å². The van der Waals surface area contributed by atoms with Crippen LogP contribution in [0.2, 0.25) is 0 Å². The van der Waals surface area contributed by atoms with Crippen molar-refractivity contribution in [1.82, 2.24) is 20.2 Å². The molecule has 1 aliphatic rings. The van der Waals surface area contributed by atoms with E-state index in [9.17, 15) is 13.6 Å². The summed E-state index contributed by atoms with van der Waals surface area (Å²) in [4.78, 5) is 23.6. The summed E-state index contributed by atoms with van der Waals surface area (Å²) >= 11 is 0. The third-order valence-corrected chi connectivity index (χ3v) is 3.69. The van der Waals surface area contributed by atoms with Gasteiger partial charge in [0.05, 0.1) is 0 Å². The van der Waals surface area contributed by atoms with Crippen LogP contribution in [0.25, 0.3) is 0 Å². The topological polar surface area (TPSA) is 73.4 Å². The maximum absolute atomic E-state index is 14.2. The number of nitrogens with one attached hydrogen (secondary N) is 2. The highest BCUT2D eigenvalue weighted by molar-refractivity contribution is 6.01. The molecule has 0 atom stereocenters. The average molecular weight is 348 g/mol. The lowest BCUT2D eigenvalue weighted by Crippen LogP contribution is -2.42. The number of para-hydroxylation sites is 1. The van der Waals surface area contributed by atoms with E-state index in [1.54, 1.807) is 0 Å². The van der Waals surface area contributed by atoms with E-state index in [1.165, 1.54) is 12.3 Å². The molecule has 0 fully saturated rings. The molecule has 3 rings (SSSR count). The SMILES string of the molecule is CN(C)CCNc1ncc2c(n1)N(c1c(F)cccc1F)C(=O)NC2. The van der Waals surface area contributed by atoms with Crippen molar-refractivity contribution in [2.75, 3.05) is 37.4 Å². The maximum Gasteiger partial charge on any atom is 0.328 e. The zero-order chi connectivity index (χ0) is 18.0. The quantitative estimate of drug-likeness (QED) is 0.866. The zero-order valence-corrected chi connectivity index (χ0v) is 13.9. The number of urea groups is 1. The first-order chi connectivity index (χ1) is 12.0. The summed E-state index contributed by atoms with van der Waals surface area (Å²) in [5.74, 6) is -1.24. The number of fused-ring (bicyclic) bond motifs is 1. The van der Waals surface area contributed by atoms with Gasteiger partial charge in [-0.15, -0.1) is 0 Å². The van der Waals surface area contributed by atoms with Crippen molar-refractivity contribution in [3.8, 4) is 0 Å². The van der Waals surface area contributed by atoms with Gasteiger partial charge in [0.2, 0.25) is 5.95 Å². The van der Waals surface area contributed by atoms with Gasteiger partial charge in [0.15, 0.2) is 5.82 Å². The molecule has 1 aliphatic heterocycles. The highest BCUT2D eigenvalue weighted by Gasteiger charge is 2.31. The molecule has 0 radical (unpaired) electrons. The number of carbonyl (C=O) groups is 1. The van der Waals surface area contributed by atoms with E-state index < -0.39 is 23.4 Å². The molecule has 0 saturated heterocycles. The molecule has 2 N–H and O–H groups in total. The molecule has 25 heavy (non-hydrogen) atoms. The van der Waals surface area contributed by atoms with Crippen LogP contribution in [0.3, 0.4) is 0 Å². The molecule has 0 saturated carbocycles. The Morgan fingerprint density at radius 3 is 2.72 bits per heavy atom. The summed E-state index contributed by atoms with van der Waals surface area (Å²) in [6.07, 6.45) is 1.53. The first-order valence-corrected chi connectivity index (χ1v) is 7.74. The fourth-order valence-electron chi connectivity index (χ4n) is 2.45. The van der Waals surface area contributed by atoms with Crippen molar-refractivity contribution >= 4 is 23.5 Å². The standard InChI is InChI=1S/C16H18F2N6O/c1-23(2)7-6-19-15-20-8-10-9-21-16(25)24(14(10)22-15)13-11(17)4-3-5-12(13)18/h3-5,8H,6-7,9H2,1-2H3,(H,21,25)(H,19,20,22). The van der Waals surface area contributed by atoms with Crippen LogP contribution in [-0.4, -0.2) is 48.1 Å². The second kappa shape index (κ2) is 6.98. The summed E-state index contributed by atoms with van der Waals surface area (Å²) in [5.41, 5.74) is 0.110. The number of likely N-dealkylation sites (N-methyl/N-ethyl adjacent to an activating group) is 1. The fourth-order valence-corrected chi connectivity index (χ4v) is 2.45. The van der Waals surface area contributed by atoms with Crippen molar-refractivity contribution in [3.05, 3.63) is 41.6 Å². The van der Waals surface area contributed by atoms with E-state index in [4.69, 9.17) is 0 Å². The van der Waals surface area contributed by atoms with E-state index in [0.29, 0.717) is 12.1 Å². The minimum Gasteiger partial charge on any atom is -0.353 e. The van der Waals surface area contributed by atoms with Gasteiger partial charge in [-0.3, -0.25) is 0 Å². The lowest BCUT2D eigenvalue weighted by atomic mass is 10.2.